The van der Waals surface area contributed by atoms with E-state index in [-0.39, 0.29) is 5.56 Å². The summed E-state index contributed by atoms with van der Waals surface area (Å²) in [7, 11) is 0. The zero-order chi connectivity index (χ0) is 15.8. The van der Waals surface area contributed by atoms with Gasteiger partial charge in [0.05, 0.1) is 5.69 Å². The number of aryl methyl sites for hydroxylation is 3. The van der Waals surface area contributed by atoms with Crippen LogP contribution in [0.1, 0.15) is 28.8 Å². The Kier molecular flexibility index (Phi) is 3.69. The molecule has 116 valence electrons. The van der Waals surface area contributed by atoms with E-state index in [1.165, 1.54) is 35.3 Å². The highest BCUT2D eigenvalue weighted by Gasteiger charge is 2.11. The maximum absolute atomic E-state index is 12.2. The Morgan fingerprint density at radius 2 is 2.00 bits per heavy atom. The molecular weight excluding hydrogens is 304 g/mol. The van der Waals surface area contributed by atoms with Gasteiger partial charge in [0.15, 0.2) is 0 Å². The summed E-state index contributed by atoms with van der Waals surface area (Å²) in [6.07, 6.45) is 5.51. The van der Waals surface area contributed by atoms with Gasteiger partial charge in [-0.3, -0.25) is 9.20 Å². The molecule has 0 saturated heterocycles. The smallest absolute Gasteiger partial charge is 0.258 e. The maximum Gasteiger partial charge on any atom is 0.258 e. The second kappa shape index (κ2) is 5.85. The fourth-order valence-electron chi connectivity index (χ4n) is 3.13. The fraction of sp³-hybridized carbons (Fsp3) is 0.263. The minimum Gasteiger partial charge on any atom is -0.269 e. The molecule has 3 aromatic rings. The number of hydrogen-bond acceptors (Lipinski definition) is 3. The first-order valence-corrected chi connectivity index (χ1v) is 8.91. The molecule has 23 heavy (non-hydrogen) atoms. The van der Waals surface area contributed by atoms with E-state index in [0.29, 0.717) is 5.65 Å². The van der Waals surface area contributed by atoms with Gasteiger partial charge in [-0.25, -0.2) is 4.98 Å². The summed E-state index contributed by atoms with van der Waals surface area (Å²) in [5, 5.41) is 0. The van der Waals surface area contributed by atoms with E-state index < -0.39 is 0 Å². The van der Waals surface area contributed by atoms with Crippen LogP contribution >= 0.6 is 11.8 Å². The van der Waals surface area contributed by atoms with Gasteiger partial charge >= 0.3 is 0 Å². The van der Waals surface area contributed by atoms with Crippen molar-refractivity contribution in [3.63, 3.8) is 0 Å². The van der Waals surface area contributed by atoms with Gasteiger partial charge in [-0.1, -0.05) is 12.1 Å². The number of benzene rings is 1. The van der Waals surface area contributed by atoms with Crippen LogP contribution in [0.4, 0.5) is 0 Å². The third kappa shape index (κ3) is 2.91. The molecule has 0 radical (unpaired) electrons. The third-order valence-corrected chi connectivity index (χ3v) is 5.34. The van der Waals surface area contributed by atoms with Crippen molar-refractivity contribution in [2.45, 2.75) is 36.8 Å². The van der Waals surface area contributed by atoms with Gasteiger partial charge in [-0.05, 0) is 61.1 Å². The molecule has 0 fully saturated rings. The first-order valence-electron chi connectivity index (χ1n) is 7.92. The lowest BCUT2D eigenvalue weighted by Gasteiger charge is -2.06. The molecule has 2 heterocycles. The summed E-state index contributed by atoms with van der Waals surface area (Å²) in [5.41, 5.74) is 5.57. The lowest BCUT2D eigenvalue weighted by Crippen LogP contribution is -2.15. The van der Waals surface area contributed by atoms with Gasteiger partial charge in [0, 0.05) is 22.9 Å². The summed E-state index contributed by atoms with van der Waals surface area (Å²) in [5.74, 6) is 0.721. The standard InChI is InChI=1S/C19H18N2OS/c1-13-5-8-18-20-16(10-19(22)21(18)11-13)12-23-17-7-6-14-3-2-4-15(14)9-17/h5-11H,2-4,12H2,1H3. The molecular formula is C19H18N2OS. The van der Waals surface area contributed by atoms with E-state index in [4.69, 9.17) is 0 Å². The second-order valence-corrected chi connectivity index (χ2v) is 7.14. The van der Waals surface area contributed by atoms with Crippen LogP contribution in [0, 0.1) is 6.92 Å². The minimum absolute atomic E-state index is 0.0109. The summed E-state index contributed by atoms with van der Waals surface area (Å²) >= 11 is 1.75. The Balaban J connectivity index is 1.58. The van der Waals surface area contributed by atoms with E-state index in [0.717, 1.165) is 17.0 Å². The van der Waals surface area contributed by atoms with Gasteiger partial charge in [0.1, 0.15) is 5.65 Å². The molecule has 0 unspecified atom stereocenters. The number of thioether (sulfide) groups is 1. The van der Waals surface area contributed by atoms with Crippen LogP contribution in [0.15, 0.2) is 52.3 Å². The van der Waals surface area contributed by atoms with Gasteiger partial charge in [-0.2, -0.15) is 0 Å². The lowest BCUT2D eigenvalue weighted by atomic mass is 10.1. The first kappa shape index (κ1) is 14.5. The summed E-state index contributed by atoms with van der Waals surface area (Å²) < 4.78 is 1.61. The maximum atomic E-state index is 12.2. The molecule has 1 aromatic carbocycles. The van der Waals surface area contributed by atoms with Crippen LogP contribution in [-0.2, 0) is 18.6 Å². The highest BCUT2D eigenvalue weighted by molar-refractivity contribution is 7.98. The average molecular weight is 322 g/mol. The Morgan fingerprint density at radius 3 is 2.91 bits per heavy atom. The summed E-state index contributed by atoms with van der Waals surface area (Å²) in [6.45, 7) is 1.98. The van der Waals surface area contributed by atoms with Crippen molar-refractivity contribution in [2.24, 2.45) is 0 Å². The van der Waals surface area contributed by atoms with Crippen LogP contribution in [0.3, 0.4) is 0 Å². The number of hydrogen-bond donors (Lipinski definition) is 0. The number of pyridine rings is 1. The molecule has 0 spiro atoms. The molecule has 4 heteroatoms. The highest BCUT2D eigenvalue weighted by atomic mass is 32.2. The Morgan fingerprint density at radius 1 is 1.13 bits per heavy atom. The van der Waals surface area contributed by atoms with Crippen LogP contribution in [-0.4, -0.2) is 9.38 Å². The molecule has 1 aliphatic carbocycles. The van der Waals surface area contributed by atoms with Crippen molar-refractivity contribution in [3.8, 4) is 0 Å². The van der Waals surface area contributed by atoms with E-state index >= 15 is 0 Å². The van der Waals surface area contributed by atoms with Crippen molar-refractivity contribution in [3.05, 3.63) is 75.3 Å². The fourth-order valence-corrected chi connectivity index (χ4v) is 3.98. The Labute approximate surface area is 139 Å². The normalized spacial score (nSPS) is 13.4. The Bertz CT molecular complexity index is 946. The van der Waals surface area contributed by atoms with Gasteiger partial charge < -0.3 is 0 Å². The number of fused-ring (bicyclic) bond motifs is 2. The van der Waals surface area contributed by atoms with Crippen molar-refractivity contribution in [2.75, 3.05) is 0 Å². The SMILES string of the molecule is Cc1ccc2nc(CSc3ccc4c(c3)CCC4)cc(=O)n2c1. The second-order valence-electron chi connectivity index (χ2n) is 6.09. The molecule has 4 rings (SSSR count). The van der Waals surface area contributed by atoms with Crippen molar-refractivity contribution in [1.29, 1.82) is 0 Å². The molecule has 0 amide bonds. The van der Waals surface area contributed by atoms with Crippen molar-refractivity contribution in [1.82, 2.24) is 9.38 Å². The predicted octanol–water partition coefficient (Wildman–Crippen LogP) is 3.78. The van der Waals surface area contributed by atoms with E-state index in [1.807, 2.05) is 25.3 Å². The van der Waals surface area contributed by atoms with E-state index in [1.54, 1.807) is 22.2 Å². The number of nitrogens with zero attached hydrogens (tertiary/aromatic N) is 2. The summed E-state index contributed by atoms with van der Waals surface area (Å²) in [4.78, 5) is 18.1. The molecule has 0 N–H and O–H groups in total. The molecule has 0 bridgehead atoms. The third-order valence-electron chi connectivity index (χ3n) is 4.32. The topological polar surface area (TPSA) is 34.4 Å². The highest BCUT2D eigenvalue weighted by Crippen LogP contribution is 2.28. The monoisotopic (exact) mass is 322 g/mol. The quantitative estimate of drug-likeness (QED) is 0.688. The van der Waals surface area contributed by atoms with Gasteiger partial charge in [0.2, 0.25) is 0 Å². The van der Waals surface area contributed by atoms with Gasteiger partial charge in [-0.15, -0.1) is 11.8 Å². The summed E-state index contributed by atoms with van der Waals surface area (Å²) in [6, 6.07) is 12.3. The minimum atomic E-state index is -0.0109. The van der Waals surface area contributed by atoms with Crippen LogP contribution in [0.25, 0.3) is 5.65 Å². The first-order chi connectivity index (χ1) is 11.2. The van der Waals surface area contributed by atoms with Crippen molar-refractivity contribution >= 4 is 17.4 Å². The zero-order valence-corrected chi connectivity index (χ0v) is 13.9. The number of aromatic nitrogens is 2. The Hall–Kier alpha value is -2.07. The van der Waals surface area contributed by atoms with Crippen LogP contribution in [0.5, 0.6) is 0 Å². The van der Waals surface area contributed by atoms with E-state index in [2.05, 4.69) is 23.2 Å². The molecule has 1 aliphatic rings. The zero-order valence-electron chi connectivity index (χ0n) is 13.1. The molecule has 2 aromatic heterocycles. The molecule has 0 aliphatic heterocycles. The largest absolute Gasteiger partial charge is 0.269 e. The van der Waals surface area contributed by atoms with E-state index in [9.17, 15) is 4.79 Å². The van der Waals surface area contributed by atoms with Crippen molar-refractivity contribution < 1.29 is 0 Å². The molecule has 0 atom stereocenters. The number of rotatable bonds is 3. The van der Waals surface area contributed by atoms with Crippen LogP contribution in [0.2, 0.25) is 0 Å². The lowest BCUT2D eigenvalue weighted by molar-refractivity contribution is 0.911. The van der Waals surface area contributed by atoms with Gasteiger partial charge in [0.25, 0.3) is 5.56 Å². The predicted molar refractivity (Wildman–Crippen MR) is 94.2 cm³/mol. The molecule has 3 nitrogen and oxygen atoms in total. The van der Waals surface area contributed by atoms with Crippen LogP contribution < -0.4 is 5.56 Å². The average Bonchev–Trinajstić information content (AvgIpc) is 3.01. The molecule has 0 saturated carbocycles.